The van der Waals surface area contributed by atoms with Crippen molar-refractivity contribution < 1.29 is 9.90 Å². The molecule has 2 rings (SSSR count). The normalized spacial score (nSPS) is 10.5. The summed E-state index contributed by atoms with van der Waals surface area (Å²) in [4.78, 5) is 11.2. The second-order valence-corrected chi connectivity index (χ2v) is 5.17. The minimum absolute atomic E-state index is 0.0564. The number of aromatic carboxylic acids is 1. The van der Waals surface area contributed by atoms with Crippen LogP contribution in [-0.2, 0) is 0 Å². The molecule has 2 aromatic rings. The number of aryl methyl sites for hydroxylation is 2. The molecule has 0 unspecified atom stereocenters. The van der Waals surface area contributed by atoms with Crippen LogP contribution in [0, 0.1) is 13.8 Å². The van der Waals surface area contributed by atoms with E-state index in [2.05, 4.69) is 0 Å². The maximum absolute atomic E-state index is 11.2. The molecule has 0 amide bonds. The molecule has 0 saturated carbocycles. The minimum atomic E-state index is -1.12. The highest BCUT2D eigenvalue weighted by atomic mass is 35.5. The third-order valence-electron chi connectivity index (χ3n) is 3.12. The minimum Gasteiger partial charge on any atom is -0.478 e. The highest BCUT2D eigenvalue weighted by Gasteiger charge is 2.17. The summed E-state index contributed by atoms with van der Waals surface area (Å²) in [7, 11) is 0. The van der Waals surface area contributed by atoms with Gasteiger partial charge in [-0.1, -0.05) is 47.5 Å². The number of halogens is 2. The summed E-state index contributed by atoms with van der Waals surface area (Å²) in [6, 6.07) is 9.18. The molecule has 0 aliphatic carbocycles. The lowest BCUT2D eigenvalue weighted by atomic mass is 9.99. The van der Waals surface area contributed by atoms with E-state index >= 15 is 0 Å². The highest BCUT2D eigenvalue weighted by Crippen LogP contribution is 2.35. The summed E-state index contributed by atoms with van der Waals surface area (Å²) in [5, 5.41) is 9.46. The Bertz CT molecular complexity index is 663. The lowest BCUT2D eigenvalue weighted by Gasteiger charge is -2.10. The third-order valence-corrected chi connectivity index (χ3v) is 3.83. The summed E-state index contributed by atoms with van der Waals surface area (Å²) < 4.78 is 0. The molecular formula is C15H12Cl2O2. The van der Waals surface area contributed by atoms with E-state index in [9.17, 15) is 4.79 Å². The largest absolute Gasteiger partial charge is 0.478 e. The van der Waals surface area contributed by atoms with Gasteiger partial charge in [0.05, 0.1) is 15.6 Å². The quantitative estimate of drug-likeness (QED) is 0.848. The van der Waals surface area contributed by atoms with Crippen LogP contribution in [0.15, 0.2) is 30.3 Å². The van der Waals surface area contributed by atoms with Gasteiger partial charge in [0.15, 0.2) is 0 Å². The molecule has 98 valence electrons. The van der Waals surface area contributed by atoms with Crippen LogP contribution >= 0.6 is 23.2 Å². The van der Waals surface area contributed by atoms with Crippen LogP contribution in [0.3, 0.4) is 0 Å². The molecular weight excluding hydrogens is 283 g/mol. The molecule has 2 aromatic carbocycles. The molecule has 0 aliphatic rings. The van der Waals surface area contributed by atoms with Crippen molar-refractivity contribution in [2.45, 2.75) is 13.8 Å². The van der Waals surface area contributed by atoms with E-state index in [1.807, 2.05) is 32.0 Å². The van der Waals surface area contributed by atoms with Crippen molar-refractivity contribution in [2.75, 3.05) is 0 Å². The SMILES string of the molecule is Cc1ccc(-c2ccc(Cl)c(C(=O)O)c2Cl)cc1C. The van der Waals surface area contributed by atoms with Crippen molar-refractivity contribution in [3.8, 4) is 11.1 Å². The molecule has 0 atom stereocenters. The van der Waals surface area contributed by atoms with E-state index in [0.717, 1.165) is 11.1 Å². The lowest BCUT2D eigenvalue weighted by molar-refractivity contribution is 0.0697. The molecule has 0 fully saturated rings. The maximum Gasteiger partial charge on any atom is 0.338 e. The molecule has 4 heteroatoms. The van der Waals surface area contributed by atoms with Crippen molar-refractivity contribution in [2.24, 2.45) is 0 Å². The molecule has 1 N–H and O–H groups in total. The Labute approximate surface area is 121 Å². The van der Waals surface area contributed by atoms with Crippen molar-refractivity contribution in [3.63, 3.8) is 0 Å². The molecule has 0 radical (unpaired) electrons. The molecule has 19 heavy (non-hydrogen) atoms. The summed E-state index contributed by atoms with van der Waals surface area (Å²) >= 11 is 12.0. The number of carboxylic acids is 1. The zero-order chi connectivity index (χ0) is 14.2. The van der Waals surface area contributed by atoms with Gasteiger partial charge < -0.3 is 5.11 Å². The fourth-order valence-corrected chi connectivity index (χ4v) is 2.52. The fourth-order valence-electron chi connectivity index (χ4n) is 1.88. The lowest BCUT2D eigenvalue weighted by Crippen LogP contribution is -2.00. The number of carbonyl (C=O) groups is 1. The van der Waals surface area contributed by atoms with Crippen LogP contribution in [0.5, 0.6) is 0 Å². The molecule has 0 aliphatic heterocycles. The van der Waals surface area contributed by atoms with E-state index in [4.69, 9.17) is 28.3 Å². The first kappa shape index (κ1) is 13.9. The summed E-state index contributed by atoms with van der Waals surface area (Å²) in [5.41, 5.74) is 3.80. The van der Waals surface area contributed by atoms with Gasteiger partial charge in [-0.05, 0) is 36.6 Å². The van der Waals surface area contributed by atoms with Crippen molar-refractivity contribution in [1.82, 2.24) is 0 Å². The van der Waals surface area contributed by atoms with Crippen molar-refractivity contribution in [1.29, 1.82) is 0 Å². The van der Waals surface area contributed by atoms with Gasteiger partial charge in [-0.25, -0.2) is 4.79 Å². The predicted molar refractivity (Wildman–Crippen MR) is 78.3 cm³/mol. The second kappa shape index (κ2) is 5.24. The first-order valence-electron chi connectivity index (χ1n) is 5.70. The monoisotopic (exact) mass is 294 g/mol. The smallest absolute Gasteiger partial charge is 0.338 e. The fraction of sp³-hybridized carbons (Fsp3) is 0.133. The molecule has 0 aromatic heterocycles. The van der Waals surface area contributed by atoms with E-state index in [-0.39, 0.29) is 15.6 Å². The van der Waals surface area contributed by atoms with Crippen LogP contribution in [0.2, 0.25) is 10.0 Å². The Morgan fingerprint density at radius 1 is 1.05 bits per heavy atom. The highest BCUT2D eigenvalue weighted by molar-refractivity contribution is 6.41. The van der Waals surface area contributed by atoms with Crippen LogP contribution in [-0.4, -0.2) is 11.1 Å². The zero-order valence-corrected chi connectivity index (χ0v) is 12.0. The molecule has 0 spiro atoms. The van der Waals surface area contributed by atoms with Crippen LogP contribution in [0.1, 0.15) is 21.5 Å². The van der Waals surface area contributed by atoms with E-state index in [1.165, 1.54) is 5.56 Å². The number of benzene rings is 2. The van der Waals surface area contributed by atoms with Gasteiger partial charge in [-0.15, -0.1) is 0 Å². The Hall–Kier alpha value is -1.51. The van der Waals surface area contributed by atoms with Gasteiger partial charge >= 0.3 is 5.97 Å². The van der Waals surface area contributed by atoms with Gasteiger partial charge in [0, 0.05) is 5.56 Å². The number of carboxylic acid groups (broad SMARTS) is 1. The topological polar surface area (TPSA) is 37.3 Å². The van der Waals surface area contributed by atoms with E-state index in [0.29, 0.717) is 5.56 Å². The average Bonchev–Trinajstić information content (AvgIpc) is 2.33. The predicted octanol–water partition coefficient (Wildman–Crippen LogP) is 4.98. The van der Waals surface area contributed by atoms with E-state index < -0.39 is 5.97 Å². The van der Waals surface area contributed by atoms with Crippen molar-refractivity contribution in [3.05, 3.63) is 57.1 Å². The van der Waals surface area contributed by atoms with Gasteiger partial charge in [0.1, 0.15) is 0 Å². The Morgan fingerprint density at radius 3 is 2.32 bits per heavy atom. The standard InChI is InChI=1S/C15H12Cl2O2/c1-8-3-4-10(7-9(8)2)11-5-6-12(16)13(14(11)17)15(18)19/h3-7H,1-2H3,(H,18,19). The second-order valence-electron chi connectivity index (χ2n) is 4.39. The first-order valence-corrected chi connectivity index (χ1v) is 6.46. The maximum atomic E-state index is 11.2. The van der Waals surface area contributed by atoms with Crippen LogP contribution < -0.4 is 0 Å². The molecule has 0 saturated heterocycles. The van der Waals surface area contributed by atoms with Gasteiger partial charge in [-0.2, -0.15) is 0 Å². The van der Waals surface area contributed by atoms with Crippen LogP contribution in [0.4, 0.5) is 0 Å². The number of rotatable bonds is 2. The van der Waals surface area contributed by atoms with Gasteiger partial charge in [0.2, 0.25) is 0 Å². The zero-order valence-electron chi connectivity index (χ0n) is 10.5. The Morgan fingerprint density at radius 2 is 1.74 bits per heavy atom. The molecule has 0 bridgehead atoms. The number of hydrogen-bond acceptors (Lipinski definition) is 1. The van der Waals surface area contributed by atoms with Gasteiger partial charge in [0.25, 0.3) is 0 Å². The first-order chi connectivity index (χ1) is 8.91. The summed E-state index contributed by atoms with van der Waals surface area (Å²) in [5.74, 6) is -1.12. The van der Waals surface area contributed by atoms with Crippen LogP contribution in [0.25, 0.3) is 11.1 Å². The van der Waals surface area contributed by atoms with E-state index in [1.54, 1.807) is 12.1 Å². The molecule has 2 nitrogen and oxygen atoms in total. The summed E-state index contributed by atoms with van der Waals surface area (Å²) in [6.45, 7) is 4.02. The average molecular weight is 295 g/mol. The molecule has 0 heterocycles. The number of hydrogen-bond donors (Lipinski definition) is 1. The third kappa shape index (κ3) is 2.60. The summed E-state index contributed by atoms with van der Waals surface area (Å²) in [6.07, 6.45) is 0. The van der Waals surface area contributed by atoms with Crippen molar-refractivity contribution >= 4 is 29.2 Å². The Balaban J connectivity index is 2.66. The van der Waals surface area contributed by atoms with Gasteiger partial charge in [-0.3, -0.25) is 0 Å². The Kier molecular flexibility index (Phi) is 3.83.